The maximum Gasteiger partial charge on any atom is 0.393 e. The highest BCUT2D eigenvalue weighted by atomic mass is 32.1. The quantitative estimate of drug-likeness (QED) is 0.296. The number of alkyl halides is 3. The monoisotopic (exact) mass is 570 g/mol. The van der Waals surface area contributed by atoms with Crippen molar-refractivity contribution < 1.29 is 22.7 Å². The van der Waals surface area contributed by atoms with Gasteiger partial charge >= 0.3 is 6.18 Å². The molecule has 5 rings (SSSR count). The van der Waals surface area contributed by atoms with E-state index in [1.165, 1.54) is 31.3 Å². The van der Waals surface area contributed by atoms with Crippen LogP contribution in [0.25, 0.3) is 10.1 Å². The number of methoxy groups -OCH3 is 1. The Kier molecular flexibility index (Phi) is 8.43. The third kappa shape index (κ3) is 6.65. The second-order valence-corrected chi connectivity index (χ2v) is 11.2. The highest BCUT2D eigenvalue weighted by molar-refractivity contribution is 7.20. The Morgan fingerprint density at radius 2 is 1.90 bits per heavy atom. The maximum absolute atomic E-state index is 13.6. The van der Waals surface area contributed by atoms with E-state index in [1.54, 1.807) is 31.3 Å². The third-order valence-electron chi connectivity index (χ3n) is 7.41. The molecule has 1 aromatic heterocycles. The Balaban J connectivity index is 1.35. The summed E-state index contributed by atoms with van der Waals surface area (Å²) in [5.74, 6) is 6.22. The van der Waals surface area contributed by atoms with Crippen molar-refractivity contribution in [2.24, 2.45) is 0 Å². The first-order valence-electron chi connectivity index (χ1n) is 13.5. The smallest absolute Gasteiger partial charge is 0.393 e. The largest absolute Gasteiger partial charge is 0.495 e. The van der Waals surface area contributed by atoms with Crippen LogP contribution < -0.4 is 20.7 Å². The van der Waals surface area contributed by atoms with Gasteiger partial charge in [-0.25, -0.2) is 0 Å². The Morgan fingerprint density at radius 3 is 2.58 bits per heavy atom. The number of amides is 1. The molecule has 2 fully saturated rings. The molecule has 1 saturated carbocycles. The van der Waals surface area contributed by atoms with Gasteiger partial charge in [0.1, 0.15) is 5.75 Å². The average Bonchev–Trinajstić information content (AvgIpc) is 3.74. The summed E-state index contributed by atoms with van der Waals surface area (Å²) >= 11 is 1.31. The van der Waals surface area contributed by atoms with Gasteiger partial charge in [-0.1, -0.05) is 24.0 Å². The number of likely N-dealkylation sites (tertiary alicyclic amines) is 1. The number of halogens is 3. The van der Waals surface area contributed by atoms with Crippen molar-refractivity contribution in [3.63, 3.8) is 0 Å². The first-order valence-corrected chi connectivity index (χ1v) is 14.3. The zero-order valence-corrected chi connectivity index (χ0v) is 23.4. The van der Waals surface area contributed by atoms with E-state index < -0.39 is 12.6 Å². The van der Waals surface area contributed by atoms with E-state index in [2.05, 4.69) is 32.7 Å². The summed E-state index contributed by atoms with van der Waals surface area (Å²) in [6, 6.07) is 11.6. The topological polar surface area (TPSA) is 65.6 Å². The second-order valence-electron chi connectivity index (χ2n) is 10.2. The van der Waals surface area contributed by atoms with Crippen LogP contribution in [0.2, 0.25) is 0 Å². The van der Waals surface area contributed by atoms with Gasteiger partial charge in [0.25, 0.3) is 5.91 Å². The van der Waals surface area contributed by atoms with E-state index in [9.17, 15) is 18.0 Å². The number of nitrogens with zero attached hydrogens (tertiary/aromatic N) is 1. The summed E-state index contributed by atoms with van der Waals surface area (Å²) in [6.07, 6.45) is -0.722. The molecule has 2 aromatic carbocycles. The lowest BCUT2D eigenvalue weighted by atomic mass is 10.0. The Labute approximate surface area is 236 Å². The van der Waals surface area contributed by atoms with Gasteiger partial charge < -0.3 is 25.6 Å². The number of carbonyl (C=O) groups excluding carboxylic acids is 1. The number of nitrogens with one attached hydrogen (secondary N) is 3. The number of carbonyl (C=O) groups is 1. The predicted molar refractivity (Wildman–Crippen MR) is 155 cm³/mol. The fourth-order valence-electron chi connectivity index (χ4n) is 5.22. The lowest BCUT2D eigenvalue weighted by Gasteiger charge is -2.33. The van der Waals surface area contributed by atoms with Crippen LogP contribution in [0.3, 0.4) is 0 Å². The van der Waals surface area contributed by atoms with Crippen molar-refractivity contribution in [3.05, 3.63) is 52.4 Å². The minimum atomic E-state index is -4.35. The molecule has 1 aliphatic carbocycles. The Hall–Kier alpha value is -3.42. The molecule has 1 aliphatic heterocycles. The first-order chi connectivity index (χ1) is 19.3. The highest BCUT2D eigenvalue weighted by Crippen LogP contribution is 2.40. The number of piperidine rings is 1. The van der Waals surface area contributed by atoms with Gasteiger partial charge in [0.05, 0.1) is 41.0 Å². The molecular weight excluding hydrogens is 537 g/mol. The maximum atomic E-state index is 13.6. The number of thiophene rings is 1. The zero-order chi connectivity index (χ0) is 28.3. The third-order valence-corrected chi connectivity index (χ3v) is 8.60. The van der Waals surface area contributed by atoms with Crippen molar-refractivity contribution in [1.29, 1.82) is 0 Å². The van der Waals surface area contributed by atoms with Crippen molar-refractivity contribution in [2.75, 3.05) is 44.4 Å². The summed E-state index contributed by atoms with van der Waals surface area (Å²) in [5, 5.41) is 9.93. The molecule has 0 radical (unpaired) electrons. The van der Waals surface area contributed by atoms with Crippen LogP contribution in [0.1, 0.15) is 46.5 Å². The predicted octanol–water partition coefficient (Wildman–Crippen LogP) is 5.88. The number of fused-ring (bicyclic) bond motifs is 1. The number of anilines is 2. The fourth-order valence-corrected chi connectivity index (χ4v) is 6.39. The molecule has 0 unspecified atom stereocenters. The van der Waals surface area contributed by atoms with Gasteiger partial charge in [-0.05, 0) is 60.9 Å². The molecule has 40 heavy (non-hydrogen) atoms. The van der Waals surface area contributed by atoms with Gasteiger partial charge in [0.2, 0.25) is 0 Å². The molecule has 212 valence electrons. The molecule has 1 amide bonds. The van der Waals surface area contributed by atoms with Gasteiger partial charge in [0.15, 0.2) is 0 Å². The molecule has 10 heteroatoms. The van der Waals surface area contributed by atoms with Crippen LogP contribution in [0.15, 0.2) is 36.4 Å². The van der Waals surface area contributed by atoms with Gasteiger partial charge in [-0.2, -0.15) is 13.2 Å². The van der Waals surface area contributed by atoms with Crippen molar-refractivity contribution in [1.82, 2.24) is 10.2 Å². The number of hydrogen-bond donors (Lipinski definition) is 3. The molecule has 6 nitrogen and oxygen atoms in total. The van der Waals surface area contributed by atoms with Gasteiger partial charge in [-0.15, -0.1) is 11.3 Å². The molecule has 2 heterocycles. The van der Waals surface area contributed by atoms with Crippen LogP contribution in [-0.4, -0.2) is 62.9 Å². The molecule has 1 saturated heterocycles. The van der Waals surface area contributed by atoms with E-state index >= 15 is 0 Å². The van der Waals surface area contributed by atoms with Crippen LogP contribution in [0.4, 0.5) is 24.5 Å². The molecule has 0 spiro atoms. The van der Waals surface area contributed by atoms with E-state index in [1.807, 2.05) is 12.1 Å². The standard InChI is InChI=1S/C30H33F3N4O2S/c1-34-29(38)19-8-11-24(26(17-19)39-2)35-14-4-7-27-23(18-30(31,32)33)22-5-3-6-25(28(22)40-27)36-20-12-15-37(16-13-20)21-9-10-21/h3,5-6,8,11,17,20-21,35-36H,9-10,12-16,18H2,1-2H3,(H,34,38). The first kappa shape index (κ1) is 28.1. The summed E-state index contributed by atoms with van der Waals surface area (Å²) in [4.78, 5) is 14.9. The van der Waals surface area contributed by atoms with Crippen molar-refractivity contribution >= 4 is 38.7 Å². The average molecular weight is 571 g/mol. The normalized spacial score (nSPS) is 16.3. The highest BCUT2D eigenvalue weighted by Gasteiger charge is 2.33. The molecule has 0 atom stereocenters. The molecule has 2 aliphatic rings. The lowest BCUT2D eigenvalue weighted by Crippen LogP contribution is -2.40. The van der Waals surface area contributed by atoms with Crippen LogP contribution in [0, 0.1) is 11.8 Å². The Bertz CT molecular complexity index is 1430. The van der Waals surface area contributed by atoms with Crippen LogP contribution in [0.5, 0.6) is 5.75 Å². The van der Waals surface area contributed by atoms with E-state index in [0.717, 1.165) is 42.4 Å². The number of hydrogen-bond acceptors (Lipinski definition) is 6. The van der Waals surface area contributed by atoms with Crippen LogP contribution in [-0.2, 0) is 6.42 Å². The van der Waals surface area contributed by atoms with Crippen molar-refractivity contribution in [3.8, 4) is 17.6 Å². The summed E-state index contributed by atoms with van der Waals surface area (Å²) in [6.45, 7) is 2.32. The Morgan fingerprint density at radius 1 is 1.12 bits per heavy atom. The number of benzene rings is 2. The molecule has 3 aromatic rings. The minimum absolute atomic E-state index is 0.195. The second kappa shape index (κ2) is 12.0. The van der Waals surface area contributed by atoms with E-state index in [-0.39, 0.29) is 18.0 Å². The fraction of sp³-hybridized carbons (Fsp3) is 0.433. The van der Waals surface area contributed by atoms with Gasteiger partial charge in [-0.3, -0.25) is 4.79 Å². The SMILES string of the molecule is CNC(=O)c1ccc(NCC#Cc2sc3c(NC4CCN(C5CC5)CC4)cccc3c2CC(F)(F)F)c(OC)c1. The minimum Gasteiger partial charge on any atom is -0.495 e. The summed E-state index contributed by atoms with van der Waals surface area (Å²) in [7, 11) is 3.05. The van der Waals surface area contributed by atoms with E-state index in [0.29, 0.717) is 33.3 Å². The van der Waals surface area contributed by atoms with E-state index in [4.69, 9.17) is 4.74 Å². The van der Waals surface area contributed by atoms with Crippen molar-refractivity contribution in [2.45, 2.75) is 50.4 Å². The summed E-state index contributed by atoms with van der Waals surface area (Å²) < 4.78 is 47.0. The molecule has 3 N–H and O–H groups in total. The zero-order valence-electron chi connectivity index (χ0n) is 22.6. The molecule has 0 bridgehead atoms. The number of ether oxygens (including phenoxy) is 1. The number of rotatable bonds is 8. The van der Waals surface area contributed by atoms with Gasteiger partial charge in [0, 0.05) is 37.8 Å². The summed E-state index contributed by atoms with van der Waals surface area (Å²) in [5.41, 5.74) is 2.19. The molecular formula is C30H33F3N4O2S. The van der Waals surface area contributed by atoms with Crippen LogP contribution >= 0.6 is 11.3 Å². The lowest BCUT2D eigenvalue weighted by molar-refractivity contribution is -0.126.